The number of pyridine rings is 1. The van der Waals surface area contributed by atoms with Crippen LogP contribution >= 0.6 is 0 Å². The predicted molar refractivity (Wildman–Crippen MR) is 124 cm³/mol. The van der Waals surface area contributed by atoms with Crippen LogP contribution in [-0.4, -0.2) is 45.9 Å². The topological polar surface area (TPSA) is 114 Å². The van der Waals surface area contributed by atoms with Gasteiger partial charge in [-0.15, -0.1) is 0 Å². The van der Waals surface area contributed by atoms with Gasteiger partial charge < -0.3 is 19.6 Å². The van der Waals surface area contributed by atoms with E-state index in [0.29, 0.717) is 23.3 Å². The second-order valence-electron chi connectivity index (χ2n) is 7.91. The SMILES string of the molecule is COc1ccc2c(c1)CC(c1nc3cc(-c4ccncc4)ccc3c(=O)[nH]1)CO2.O=C(O)C(F)(F)F. The lowest BCUT2D eigenvalue weighted by atomic mass is 9.95. The molecule has 0 spiro atoms. The normalized spacial score (nSPS) is 14.7. The number of fused-ring (bicyclic) bond motifs is 2. The highest BCUT2D eigenvalue weighted by Crippen LogP contribution is 2.34. The molecule has 1 aliphatic heterocycles. The highest BCUT2D eigenvalue weighted by molar-refractivity contribution is 5.83. The first-order chi connectivity index (χ1) is 17.2. The highest BCUT2D eigenvalue weighted by atomic mass is 19.4. The molecule has 1 unspecified atom stereocenters. The molecule has 11 heteroatoms. The first-order valence-corrected chi connectivity index (χ1v) is 10.7. The molecule has 0 amide bonds. The van der Waals surface area contributed by atoms with Gasteiger partial charge in [-0.05, 0) is 65.6 Å². The van der Waals surface area contributed by atoms with Gasteiger partial charge in [-0.2, -0.15) is 13.2 Å². The summed E-state index contributed by atoms with van der Waals surface area (Å²) in [4.78, 5) is 33.4. The van der Waals surface area contributed by atoms with E-state index >= 15 is 0 Å². The van der Waals surface area contributed by atoms with Crippen LogP contribution < -0.4 is 15.0 Å². The summed E-state index contributed by atoms with van der Waals surface area (Å²) in [5.41, 5.74) is 3.62. The Hall–Kier alpha value is -4.41. The van der Waals surface area contributed by atoms with Crippen LogP contribution in [0.1, 0.15) is 17.3 Å². The standard InChI is InChI=1S/C23H19N3O3.C2HF3O2/c1-28-18-3-5-21-16(11-18)10-17(13-29-21)22-25-20-12-15(14-6-8-24-9-7-14)2-4-19(20)23(27)26-22;3-2(4,5)1(6)7/h2-9,11-12,17H,10,13H2,1H3,(H,25,26,27);(H,6,7). The Kier molecular flexibility index (Phi) is 6.91. The van der Waals surface area contributed by atoms with E-state index in [0.717, 1.165) is 34.6 Å². The minimum absolute atomic E-state index is 0.0312. The third-order valence-electron chi connectivity index (χ3n) is 5.54. The van der Waals surface area contributed by atoms with Gasteiger partial charge in [0.2, 0.25) is 0 Å². The highest BCUT2D eigenvalue weighted by Gasteiger charge is 2.38. The molecule has 4 aromatic rings. The maximum absolute atomic E-state index is 12.7. The van der Waals surface area contributed by atoms with Crippen LogP contribution in [0.15, 0.2) is 65.7 Å². The smallest absolute Gasteiger partial charge is 0.490 e. The van der Waals surface area contributed by atoms with E-state index in [1.807, 2.05) is 48.5 Å². The molecule has 8 nitrogen and oxygen atoms in total. The van der Waals surface area contributed by atoms with Crippen LogP contribution in [0.4, 0.5) is 13.2 Å². The van der Waals surface area contributed by atoms with Crippen LogP contribution in [0, 0.1) is 0 Å². The van der Waals surface area contributed by atoms with Crippen LogP contribution in [0.25, 0.3) is 22.0 Å². The Morgan fingerprint density at radius 3 is 2.50 bits per heavy atom. The van der Waals surface area contributed by atoms with E-state index in [2.05, 4.69) is 9.97 Å². The molecule has 36 heavy (non-hydrogen) atoms. The third kappa shape index (κ3) is 5.45. The van der Waals surface area contributed by atoms with E-state index in [9.17, 15) is 18.0 Å². The van der Waals surface area contributed by atoms with Gasteiger partial charge in [-0.3, -0.25) is 9.78 Å². The van der Waals surface area contributed by atoms with Gasteiger partial charge in [0.1, 0.15) is 17.3 Å². The Morgan fingerprint density at radius 2 is 1.83 bits per heavy atom. The largest absolute Gasteiger partial charge is 0.497 e. The van der Waals surface area contributed by atoms with Gasteiger partial charge in [0, 0.05) is 12.4 Å². The quantitative estimate of drug-likeness (QED) is 0.431. The van der Waals surface area contributed by atoms with E-state index in [1.54, 1.807) is 19.5 Å². The lowest BCUT2D eigenvalue weighted by Crippen LogP contribution is -2.24. The van der Waals surface area contributed by atoms with Gasteiger partial charge in [0.25, 0.3) is 5.56 Å². The number of alkyl halides is 3. The Balaban J connectivity index is 0.000000384. The van der Waals surface area contributed by atoms with Crippen molar-refractivity contribution in [3.05, 3.63) is 82.7 Å². The third-order valence-corrected chi connectivity index (χ3v) is 5.54. The van der Waals surface area contributed by atoms with Crippen molar-refractivity contribution in [3.8, 4) is 22.6 Å². The van der Waals surface area contributed by atoms with Crippen molar-refractivity contribution in [1.82, 2.24) is 15.0 Å². The molecule has 1 aliphatic rings. The second kappa shape index (κ2) is 10.1. The number of carboxylic acids is 1. The molecule has 0 bridgehead atoms. The molecule has 2 aromatic carbocycles. The number of carbonyl (C=O) groups is 1. The van der Waals surface area contributed by atoms with Crippen molar-refractivity contribution in [3.63, 3.8) is 0 Å². The minimum Gasteiger partial charge on any atom is -0.497 e. The lowest BCUT2D eigenvalue weighted by Gasteiger charge is -2.25. The average Bonchev–Trinajstić information content (AvgIpc) is 2.88. The van der Waals surface area contributed by atoms with Crippen molar-refractivity contribution < 1.29 is 32.5 Å². The van der Waals surface area contributed by atoms with Crippen molar-refractivity contribution in [2.24, 2.45) is 0 Å². The van der Waals surface area contributed by atoms with Gasteiger partial charge >= 0.3 is 12.1 Å². The van der Waals surface area contributed by atoms with E-state index in [1.165, 1.54) is 0 Å². The van der Waals surface area contributed by atoms with Crippen molar-refractivity contribution >= 4 is 16.9 Å². The summed E-state index contributed by atoms with van der Waals surface area (Å²) in [7, 11) is 1.64. The number of H-pyrrole nitrogens is 1. The molecular formula is C25H20F3N3O5. The molecule has 0 fully saturated rings. The first-order valence-electron chi connectivity index (χ1n) is 10.7. The summed E-state index contributed by atoms with van der Waals surface area (Å²) >= 11 is 0. The fraction of sp³-hybridized carbons (Fsp3) is 0.200. The molecule has 186 valence electrons. The van der Waals surface area contributed by atoms with Crippen LogP contribution in [-0.2, 0) is 11.2 Å². The van der Waals surface area contributed by atoms with E-state index in [4.69, 9.17) is 24.4 Å². The number of aromatic amines is 1. The Labute approximate surface area is 202 Å². The Morgan fingerprint density at radius 1 is 1.11 bits per heavy atom. The molecule has 0 saturated carbocycles. The number of ether oxygens (including phenoxy) is 2. The fourth-order valence-electron chi connectivity index (χ4n) is 3.75. The number of rotatable bonds is 3. The van der Waals surface area contributed by atoms with Crippen LogP contribution in [0.3, 0.4) is 0 Å². The summed E-state index contributed by atoms with van der Waals surface area (Å²) in [5.74, 6) is -0.508. The van der Waals surface area contributed by atoms with E-state index in [-0.39, 0.29) is 11.5 Å². The van der Waals surface area contributed by atoms with Crippen LogP contribution in [0.5, 0.6) is 11.5 Å². The maximum Gasteiger partial charge on any atom is 0.490 e. The molecule has 0 aliphatic carbocycles. The fourth-order valence-corrected chi connectivity index (χ4v) is 3.75. The van der Waals surface area contributed by atoms with Crippen molar-refractivity contribution in [1.29, 1.82) is 0 Å². The van der Waals surface area contributed by atoms with Gasteiger partial charge in [0.15, 0.2) is 0 Å². The minimum atomic E-state index is -5.08. The number of aromatic nitrogens is 3. The molecular weight excluding hydrogens is 479 g/mol. The Bertz CT molecular complexity index is 1460. The summed E-state index contributed by atoms with van der Waals surface area (Å²) in [6.07, 6.45) is -0.854. The zero-order chi connectivity index (χ0) is 25.9. The number of nitrogens with zero attached hydrogens (tertiary/aromatic N) is 2. The zero-order valence-corrected chi connectivity index (χ0v) is 18.9. The van der Waals surface area contributed by atoms with Gasteiger partial charge in [0.05, 0.1) is 30.5 Å². The molecule has 0 radical (unpaired) electrons. The number of carboxylic acid groups (broad SMARTS) is 1. The second-order valence-corrected chi connectivity index (χ2v) is 7.91. The molecule has 3 heterocycles. The summed E-state index contributed by atoms with van der Waals surface area (Å²) in [6.45, 7) is 0.470. The number of hydrogen-bond donors (Lipinski definition) is 2. The number of benzene rings is 2. The van der Waals surface area contributed by atoms with E-state index < -0.39 is 12.1 Å². The van der Waals surface area contributed by atoms with Crippen molar-refractivity contribution in [2.75, 3.05) is 13.7 Å². The molecule has 1 atom stereocenters. The summed E-state index contributed by atoms with van der Waals surface area (Å²) in [5, 5.41) is 7.70. The lowest BCUT2D eigenvalue weighted by molar-refractivity contribution is -0.192. The molecule has 2 N–H and O–H groups in total. The molecule has 5 rings (SSSR count). The van der Waals surface area contributed by atoms with Gasteiger partial charge in [-0.25, -0.2) is 9.78 Å². The monoisotopic (exact) mass is 499 g/mol. The number of nitrogens with one attached hydrogen (secondary N) is 1. The number of methoxy groups -OCH3 is 1. The number of halogens is 3. The zero-order valence-electron chi connectivity index (χ0n) is 18.9. The molecule has 0 saturated heterocycles. The number of aliphatic carboxylic acids is 1. The van der Waals surface area contributed by atoms with Crippen molar-refractivity contribution in [2.45, 2.75) is 18.5 Å². The van der Waals surface area contributed by atoms with Gasteiger partial charge in [-0.1, -0.05) is 6.07 Å². The van der Waals surface area contributed by atoms with Crippen LogP contribution in [0.2, 0.25) is 0 Å². The summed E-state index contributed by atoms with van der Waals surface area (Å²) < 4.78 is 43.0. The molecule has 2 aromatic heterocycles. The predicted octanol–water partition coefficient (Wildman–Crippen LogP) is 4.35. The average molecular weight is 499 g/mol. The maximum atomic E-state index is 12.7. The first kappa shape index (κ1) is 24.7. The summed E-state index contributed by atoms with van der Waals surface area (Å²) in [6, 6.07) is 15.4. The number of hydrogen-bond acceptors (Lipinski definition) is 6.